The number of anilines is 1. The Labute approximate surface area is 197 Å². The number of hydrogen-bond donors (Lipinski definition) is 3. The number of benzene rings is 2. The zero-order valence-electron chi connectivity index (χ0n) is 19.1. The van der Waals surface area contributed by atoms with E-state index >= 15 is 0 Å². The Balaban J connectivity index is 1.79. The number of H-pyrrole nitrogens is 1. The largest absolute Gasteiger partial charge is 0.502 e. The van der Waals surface area contributed by atoms with Gasteiger partial charge in [-0.1, -0.05) is 50.1 Å². The molecule has 1 atom stereocenters. The number of rotatable bonds is 9. The third kappa shape index (κ3) is 4.64. The molecule has 8 nitrogen and oxygen atoms in total. The first-order valence-electron chi connectivity index (χ1n) is 11.1. The van der Waals surface area contributed by atoms with Crippen molar-refractivity contribution in [1.82, 2.24) is 10.1 Å². The predicted octanol–water partition coefficient (Wildman–Crippen LogP) is 4.09. The number of ether oxygens (including phenoxy) is 2. The average Bonchev–Trinajstić information content (AvgIpc) is 2.83. The summed E-state index contributed by atoms with van der Waals surface area (Å²) in [5.41, 5.74) is 2.60. The molecule has 0 fully saturated rings. The van der Waals surface area contributed by atoms with Crippen molar-refractivity contribution in [2.24, 2.45) is 0 Å². The molecule has 4 rings (SSSR count). The van der Waals surface area contributed by atoms with Gasteiger partial charge >= 0.3 is 11.3 Å². The lowest BCUT2D eigenvalue weighted by molar-refractivity contribution is -0.759. The molecule has 0 saturated carbocycles. The van der Waals surface area contributed by atoms with Gasteiger partial charge in [0.1, 0.15) is 0 Å². The fourth-order valence-corrected chi connectivity index (χ4v) is 4.80. The summed E-state index contributed by atoms with van der Waals surface area (Å²) in [5.74, 6) is 1.37. The maximum atomic E-state index is 13.2. The number of phenols is 1. The van der Waals surface area contributed by atoms with Gasteiger partial charge in [-0.2, -0.15) is 0 Å². The maximum Gasteiger partial charge on any atom is 0.325 e. The summed E-state index contributed by atoms with van der Waals surface area (Å²) in [4.78, 5) is 16.2. The topological polar surface area (TPSA) is 100 Å². The van der Waals surface area contributed by atoms with E-state index in [-0.39, 0.29) is 22.8 Å². The summed E-state index contributed by atoms with van der Waals surface area (Å²) >= 11 is 1.55. The number of para-hydroxylation sites is 1. The minimum absolute atomic E-state index is 0.0765. The first-order chi connectivity index (χ1) is 16.1. The second-order valence-corrected chi connectivity index (χ2v) is 8.91. The number of nitrogens with zero attached hydrogens (tertiary/aromatic N) is 2. The molecule has 0 saturated heterocycles. The van der Waals surface area contributed by atoms with Crippen molar-refractivity contribution in [3.63, 3.8) is 0 Å². The van der Waals surface area contributed by atoms with E-state index in [4.69, 9.17) is 14.6 Å². The van der Waals surface area contributed by atoms with Gasteiger partial charge in [0.2, 0.25) is 10.9 Å². The van der Waals surface area contributed by atoms with Gasteiger partial charge < -0.3 is 19.9 Å². The van der Waals surface area contributed by atoms with Crippen LogP contribution >= 0.6 is 11.8 Å². The Morgan fingerprint density at radius 2 is 1.85 bits per heavy atom. The normalized spacial score (nSPS) is 14.2. The maximum absolute atomic E-state index is 13.2. The van der Waals surface area contributed by atoms with Gasteiger partial charge in [-0.15, -0.1) is 0 Å². The predicted molar refractivity (Wildman–Crippen MR) is 128 cm³/mol. The smallest absolute Gasteiger partial charge is 0.325 e. The van der Waals surface area contributed by atoms with Crippen LogP contribution in [0.1, 0.15) is 44.3 Å². The molecule has 1 aliphatic rings. The van der Waals surface area contributed by atoms with E-state index in [0.29, 0.717) is 10.9 Å². The van der Waals surface area contributed by atoms with Gasteiger partial charge in [0.15, 0.2) is 11.5 Å². The molecule has 3 aromatic rings. The van der Waals surface area contributed by atoms with E-state index in [1.54, 1.807) is 28.6 Å². The third-order valence-corrected chi connectivity index (χ3v) is 6.59. The molecule has 3 N–H and O–H groups in total. The fourth-order valence-electron chi connectivity index (χ4n) is 3.95. The molecular weight excluding hydrogens is 440 g/mol. The van der Waals surface area contributed by atoms with Gasteiger partial charge in [-0.25, -0.2) is 0 Å². The van der Waals surface area contributed by atoms with Crippen LogP contribution in [0.15, 0.2) is 46.3 Å². The lowest BCUT2D eigenvalue weighted by Crippen LogP contribution is -2.55. The van der Waals surface area contributed by atoms with Crippen LogP contribution in [-0.2, 0) is 0 Å². The molecule has 0 amide bonds. The van der Waals surface area contributed by atoms with Crippen molar-refractivity contribution in [2.75, 3.05) is 25.3 Å². The van der Waals surface area contributed by atoms with E-state index in [0.717, 1.165) is 35.4 Å². The Hall–Kier alpha value is -3.20. The van der Waals surface area contributed by atoms with Crippen molar-refractivity contribution >= 4 is 17.4 Å². The molecule has 2 aromatic carbocycles. The second-order valence-electron chi connectivity index (χ2n) is 7.83. The summed E-state index contributed by atoms with van der Waals surface area (Å²) in [6, 6.07) is 11.1. The number of phenolic OH excluding ortho intramolecular Hbond substituents is 1. The van der Waals surface area contributed by atoms with Crippen LogP contribution < -0.4 is 25.0 Å². The quantitative estimate of drug-likeness (QED) is 0.247. The first-order valence-corrected chi connectivity index (χ1v) is 12.1. The number of methoxy groups -OCH3 is 2. The van der Waals surface area contributed by atoms with E-state index in [2.05, 4.69) is 17.2 Å². The van der Waals surface area contributed by atoms with Crippen molar-refractivity contribution in [1.29, 1.82) is 0 Å². The monoisotopic (exact) mass is 469 g/mol. The number of thioether (sulfide) groups is 1. The van der Waals surface area contributed by atoms with E-state index in [1.807, 2.05) is 24.3 Å². The molecule has 1 aromatic heterocycles. The molecule has 174 valence electrons. The molecule has 0 aliphatic carbocycles. The molecular formula is C24H29N4O4S+. The fraction of sp³-hybridized carbons (Fsp3) is 0.375. The molecule has 0 spiro atoms. The number of aromatic nitrogens is 3. The number of aromatic amines is 1. The SMILES string of the molecule is CCCCCCSc1n[n+]2c(c(=O)[nH]1)-c1ccccc1N[C@H]2c1cc(OC)c(O)c(OC)c1. The van der Waals surface area contributed by atoms with Gasteiger partial charge in [0.05, 0.1) is 31.0 Å². The van der Waals surface area contributed by atoms with Gasteiger partial charge in [-0.05, 0) is 35.4 Å². The standard InChI is InChI=1S/C24H28N4O4S/c1-4-5-6-9-12-33-24-26-23(30)20-16-10-7-8-11-17(16)25-22(28(20)27-24)15-13-18(31-2)21(29)19(14-15)32-3/h7-8,10-11,13-14,22H,4-6,9,12H2,1-3H3,(H2,26,27,29,30)/p+1/t22-/m1/s1. The van der Waals surface area contributed by atoms with Crippen LogP contribution in [0.4, 0.5) is 5.69 Å². The number of aromatic hydroxyl groups is 1. The van der Waals surface area contributed by atoms with E-state index in [9.17, 15) is 9.90 Å². The van der Waals surface area contributed by atoms with E-state index < -0.39 is 6.17 Å². The molecule has 2 heterocycles. The number of nitrogens with one attached hydrogen (secondary N) is 2. The zero-order chi connectivity index (χ0) is 23.4. The summed E-state index contributed by atoms with van der Waals surface area (Å²) in [6.07, 6.45) is 4.12. The molecule has 0 unspecified atom stereocenters. The summed E-state index contributed by atoms with van der Waals surface area (Å²) < 4.78 is 12.4. The third-order valence-electron chi connectivity index (χ3n) is 5.64. The van der Waals surface area contributed by atoms with Crippen molar-refractivity contribution < 1.29 is 19.3 Å². The van der Waals surface area contributed by atoms with Crippen molar-refractivity contribution in [3.05, 3.63) is 52.3 Å². The van der Waals surface area contributed by atoms with Gasteiger partial charge in [-0.3, -0.25) is 9.78 Å². The van der Waals surface area contributed by atoms with Crippen LogP contribution in [0.3, 0.4) is 0 Å². The van der Waals surface area contributed by atoms with Crippen LogP contribution in [0.5, 0.6) is 17.2 Å². The molecule has 0 bridgehead atoms. The van der Waals surface area contributed by atoms with Gasteiger partial charge in [0, 0.05) is 10.9 Å². The highest BCUT2D eigenvalue weighted by Gasteiger charge is 2.38. The summed E-state index contributed by atoms with van der Waals surface area (Å²) in [6.45, 7) is 2.19. The molecule has 0 radical (unpaired) electrons. The zero-order valence-corrected chi connectivity index (χ0v) is 19.9. The van der Waals surface area contributed by atoms with E-state index in [1.165, 1.54) is 27.1 Å². The number of hydrogen-bond acceptors (Lipinski definition) is 7. The Kier molecular flexibility index (Phi) is 7.08. The number of unbranched alkanes of at least 4 members (excludes halogenated alkanes) is 3. The van der Waals surface area contributed by atoms with Gasteiger partial charge in [0.25, 0.3) is 6.17 Å². The Morgan fingerprint density at radius 3 is 2.55 bits per heavy atom. The van der Waals surface area contributed by atoms with Crippen LogP contribution in [0.2, 0.25) is 0 Å². The number of fused-ring (bicyclic) bond motifs is 3. The molecule has 33 heavy (non-hydrogen) atoms. The molecule has 1 aliphatic heterocycles. The molecule has 9 heteroatoms. The highest BCUT2D eigenvalue weighted by molar-refractivity contribution is 7.99. The van der Waals surface area contributed by atoms with Crippen LogP contribution in [0.25, 0.3) is 11.3 Å². The Morgan fingerprint density at radius 1 is 1.12 bits per heavy atom. The first kappa shape index (κ1) is 23.0. The second kappa shape index (κ2) is 10.2. The minimum Gasteiger partial charge on any atom is -0.502 e. The Bertz CT molecular complexity index is 1170. The lowest BCUT2D eigenvalue weighted by Gasteiger charge is -2.23. The minimum atomic E-state index is -0.500. The van der Waals surface area contributed by atoms with Crippen LogP contribution in [-0.4, -0.2) is 35.2 Å². The average molecular weight is 470 g/mol. The summed E-state index contributed by atoms with van der Waals surface area (Å²) in [7, 11) is 2.97. The van der Waals surface area contributed by atoms with Crippen molar-refractivity contribution in [2.45, 2.75) is 43.9 Å². The van der Waals surface area contributed by atoms with Crippen molar-refractivity contribution in [3.8, 4) is 28.5 Å². The van der Waals surface area contributed by atoms with Crippen LogP contribution in [0, 0.1) is 0 Å². The lowest BCUT2D eigenvalue weighted by atomic mass is 10.0. The highest BCUT2D eigenvalue weighted by atomic mass is 32.2. The highest BCUT2D eigenvalue weighted by Crippen LogP contribution is 2.40. The summed E-state index contributed by atoms with van der Waals surface area (Å²) in [5, 5.41) is 19.2.